The van der Waals surface area contributed by atoms with Crippen LogP contribution in [0, 0.1) is 0 Å². The molecule has 0 saturated heterocycles. The molecule has 2 amide bonds. The minimum atomic E-state index is -4.60. The zero-order valence-corrected chi connectivity index (χ0v) is 18.6. The minimum absolute atomic E-state index is 0.169. The van der Waals surface area contributed by atoms with E-state index in [4.69, 9.17) is 0 Å². The highest BCUT2D eigenvalue weighted by atomic mass is 32.2. The van der Waals surface area contributed by atoms with Crippen LogP contribution >= 0.6 is 11.8 Å². The predicted octanol–water partition coefficient (Wildman–Crippen LogP) is 5.69. The van der Waals surface area contributed by atoms with Crippen molar-refractivity contribution in [3.63, 3.8) is 0 Å². The van der Waals surface area contributed by atoms with E-state index in [9.17, 15) is 22.8 Å². The average molecular weight is 495 g/mol. The number of amides is 2. The molecule has 3 N–H and O–H groups in total. The molecular formula is C24H16F3N5O2S. The third-order valence-corrected chi connectivity index (χ3v) is 6.14. The number of carbonyl (C=O) groups excluding carboxylic acids is 2. The molecular weight excluding hydrogens is 479 g/mol. The molecule has 0 saturated carbocycles. The van der Waals surface area contributed by atoms with Gasteiger partial charge in [0.2, 0.25) is 5.91 Å². The lowest BCUT2D eigenvalue weighted by atomic mass is 10.1. The quantitative estimate of drug-likeness (QED) is 0.337. The number of hydrogen-bond donors (Lipinski definition) is 3. The van der Waals surface area contributed by atoms with Crippen LogP contribution < -0.4 is 16.0 Å². The first-order chi connectivity index (χ1) is 16.8. The number of rotatable bonds is 4. The number of thioether (sulfide) groups is 1. The van der Waals surface area contributed by atoms with Gasteiger partial charge in [-0.25, -0.2) is 9.97 Å². The Kier molecular flexibility index (Phi) is 5.77. The fourth-order valence-electron chi connectivity index (χ4n) is 3.56. The molecule has 0 atom stereocenters. The Bertz CT molecular complexity index is 1480. The molecule has 176 valence electrons. The fourth-order valence-corrected chi connectivity index (χ4v) is 4.29. The van der Waals surface area contributed by atoms with E-state index < -0.39 is 17.8 Å². The molecule has 0 unspecified atom stereocenters. The highest BCUT2D eigenvalue weighted by Gasteiger charge is 2.33. The number of aromatic nitrogens is 2. The van der Waals surface area contributed by atoms with Gasteiger partial charge < -0.3 is 16.0 Å². The molecule has 1 aliphatic heterocycles. The Hall–Kier alpha value is -4.12. The van der Waals surface area contributed by atoms with Crippen molar-refractivity contribution < 1.29 is 22.8 Å². The summed E-state index contributed by atoms with van der Waals surface area (Å²) in [6.45, 7) is 0. The molecule has 0 radical (unpaired) electrons. The first kappa shape index (κ1) is 22.7. The molecule has 5 rings (SSSR count). The second-order valence-corrected chi connectivity index (χ2v) is 8.61. The number of halogens is 3. The Labute approximate surface area is 201 Å². The number of carbonyl (C=O) groups is 2. The number of hydrogen-bond acceptors (Lipinski definition) is 6. The third-order valence-electron chi connectivity index (χ3n) is 5.13. The predicted molar refractivity (Wildman–Crippen MR) is 128 cm³/mol. The summed E-state index contributed by atoms with van der Waals surface area (Å²) in [4.78, 5) is 32.3. The molecule has 3 heterocycles. The van der Waals surface area contributed by atoms with Gasteiger partial charge in [-0.05, 0) is 36.4 Å². The number of fused-ring (bicyclic) bond motifs is 2. The average Bonchev–Trinajstić information content (AvgIpc) is 2.83. The molecule has 35 heavy (non-hydrogen) atoms. The van der Waals surface area contributed by atoms with Crippen LogP contribution in [-0.4, -0.2) is 27.5 Å². The van der Waals surface area contributed by atoms with Gasteiger partial charge in [0.05, 0.1) is 28.2 Å². The summed E-state index contributed by atoms with van der Waals surface area (Å²) in [6, 6.07) is 15.6. The van der Waals surface area contributed by atoms with E-state index in [1.165, 1.54) is 24.0 Å². The van der Waals surface area contributed by atoms with Gasteiger partial charge in [-0.15, -0.1) is 0 Å². The van der Waals surface area contributed by atoms with Crippen LogP contribution in [0.3, 0.4) is 0 Å². The third kappa shape index (κ3) is 4.90. The number of pyridine rings is 2. The molecule has 2 aromatic carbocycles. The molecule has 0 fully saturated rings. The van der Waals surface area contributed by atoms with Crippen LogP contribution in [0.4, 0.5) is 35.9 Å². The largest absolute Gasteiger partial charge is 0.433 e. The van der Waals surface area contributed by atoms with Crippen molar-refractivity contribution in [3.8, 4) is 0 Å². The Balaban J connectivity index is 1.39. The van der Waals surface area contributed by atoms with Crippen LogP contribution in [0.25, 0.3) is 10.9 Å². The lowest BCUT2D eigenvalue weighted by Crippen LogP contribution is -2.20. The molecule has 11 heteroatoms. The summed E-state index contributed by atoms with van der Waals surface area (Å²) in [7, 11) is 0. The van der Waals surface area contributed by atoms with Gasteiger partial charge in [0.25, 0.3) is 5.91 Å². The summed E-state index contributed by atoms with van der Waals surface area (Å²) in [5, 5.41) is 9.59. The van der Waals surface area contributed by atoms with Crippen molar-refractivity contribution in [2.24, 2.45) is 0 Å². The Morgan fingerprint density at radius 1 is 1.03 bits per heavy atom. The van der Waals surface area contributed by atoms with Gasteiger partial charge >= 0.3 is 6.18 Å². The summed E-state index contributed by atoms with van der Waals surface area (Å²) < 4.78 is 40.1. The van der Waals surface area contributed by atoms with Gasteiger partial charge in [0, 0.05) is 23.0 Å². The highest BCUT2D eigenvalue weighted by molar-refractivity contribution is 8.00. The van der Waals surface area contributed by atoms with Gasteiger partial charge in [0.15, 0.2) is 0 Å². The number of nitrogens with one attached hydrogen (secondary N) is 3. The summed E-state index contributed by atoms with van der Waals surface area (Å²) in [5.41, 5.74) is 1.05. The molecule has 1 aliphatic rings. The van der Waals surface area contributed by atoms with Gasteiger partial charge in [-0.1, -0.05) is 36.0 Å². The van der Waals surface area contributed by atoms with Gasteiger partial charge in [-0.3, -0.25) is 9.59 Å². The molecule has 4 aromatic rings. The van der Waals surface area contributed by atoms with Crippen molar-refractivity contribution in [1.82, 2.24) is 9.97 Å². The van der Waals surface area contributed by atoms with E-state index in [1.54, 1.807) is 48.5 Å². The van der Waals surface area contributed by atoms with Gasteiger partial charge in [0.1, 0.15) is 10.7 Å². The topological polar surface area (TPSA) is 96.0 Å². The molecule has 2 aromatic heterocycles. The molecule has 7 nitrogen and oxygen atoms in total. The monoisotopic (exact) mass is 495 g/mol. The second kappa shape index (κ2) is 8.91. The summed E-state index contributed by atoms with van der Waals surface area (Å²) in [6.07, 6.45) is -3.18. The van der Waals surface area contributed by atoms with Crippen LogP contribution in [0.15, 0.2) is 71.9 Å². The first-order valence-corrected chi connectivity index (χ1v) is 11.3. The number of anilines is 4. The molecule has 0 bridgehead atoms. The fraction of sp³-hybridized carbons (Fsp3) is 0.0833. The standard InChI is InChI=1S/C24H16F3N5O2S/c25-24(26,27)20-10-18(16-6-1-2-7-17(16)31-20)29-14-4-3-5-15(9-14)30-22(34)13-8-19-23(28-11-13)35-12-21(33)32-19/h1-11H,12H2,(H,29,31)(H,30,34)(H,32,33). The second-order valence-electron chi connectivity index (χ2n) is 7.64. The smallest absolute Gasteiger partial charge is 0.355 e. The Morgan fingerprint density at radius 3 is 2.66 bits per heavy atom. The first-order valence-electron chi connectivity index (χ1n) is 10.3. The summed E-state index contributed by atoms with van der Waals surface area (Å²) in [5.74, 6) is -0.350. The number of nitrogens with zero attached hydrogens (tertiary/aromatic N) is 2. The van der Waals surface area contributed by atoms with E-state index in [0.717, 1.165) is 6.07 Å². The zero-order chi connectivity index (χ0) is 24.6. The maximum Gasteiger partial charge on any atom is 0.433 e. The van der Waals surface area contributed by atoms with Crippen molar-refractivity contribution in [3.05, 3.63) is 78.1 Å². The van der Waals surface area contributed by atoms with Crippen molar-refractivity contribution in [2.75, 3.05) is 21.7 Å². The number of para-hydroxylation sites is 1. The van der Waals surface area contributed by atoms with E-state index >= 15 is 0 Å². The highest BCUT2D eigenvalue weighted by Crippen LogP contribution is 2.35. The lowest BCUT2D eigenvalue weighted by Gasteiger charge is -2.16. The maximum absolute atomic E-state index is 13.4. The van der Waals surface area contributed by atoms with Crippen LogP contribution in [0.2, 0.25) is 0 Å². The number of benzene rings is 2. The van der Waals surface area contributed by atoms with Crippen LogP contribution in [-0.2, 0) is 11.0 Å². The van der Waals surface area contributed by atoms with E-state index in [-0.39, 0.29) is 28.4 Å². The Morgan fingerprint density at radius 2 is 1.83 bits per heavy atom. The number of alkyl halides is 3. The van der Waals surface area contributed by atoms with E-state index in [2.05, 4.69) is 25.9 Å². The normalized spacial score (nSPS) is 13.2. The zero-order valence-electron chi connectivity index (χ0n) is 17.8. The summed E-state index contributed by atoms with van der Waals surface area (Å²) >= 11 is 1.29. The maximum atomic E-state index is 13.4. The van der Waals surface area contributed by atoms with Crippen molar-refractivity contribution in [1.29, 1.82) is 0 Å². The molecule has 0 spiro atoms. The molecule has 0 aliphatic carbocycles. The SMILES string of the molecule is O=C1CSc2ncc(C(=O)Nc3cccc(Nc4cc(C(F)(F)F)nc5ccccc45)c3)cc2N1. The van der Waals surface area contributed by atoms with Crippen LogP contribution in [0.5, 0.6) is 0 Å². The van der Waals surface area contributed by atoms with Crippen molar-refractivity contribution in [2.45, 2.75) is 11.2 Å². The minimum Gasteiger partial charge on any atom is -0.355 e. The van der Waals surface area contributed by atoms with Crippen LogP contribution in [0.1, 0.15) is 16.1 Å². The van der Waals surface area contributed by atoms with Crippen molar-refractivity contribution >= 4 is 57.2 Å². The van der Waals surface area contributed by atoms with E-state index in [0.29, 0.717) is 27.5 Å². The van der Waals surface area contributed by atoms with E-state index in [1.807, 2.05) is 0 Å². The lowest BCUT2D eigenvalue weighted by molar-refractivity contribution is -0.140. The van der Waals surface area contributed by atoms with Gasteiger partial charge in [-0.2, -0.15) is 13.2 Å².